The fraction of sp³-hybridized carbons (Fsp3) is 0.429. The second-order valence-electron chi connectivity index (χ2n) is 5.83. The maximum atomic E-state index is 13.0. The van der Waals surface area contributed by atoms with Crippen molar-refractivity contribution in [3.05, 3.63) is 34.6 Å². The Hall–Kier alpha value is -1.66. The number of nitrogens with zero attached hydrogens (tertiary/aromatic N) is 1. The van der Waals surface area contributed by atoms with Gasteiger partial charge in [-0.1, -0.05) is 17.7 Å². The lowest BCUT2D eigenvalue weighted by Crippen LogP contribution is -2.28. The molecule has 3 rings (SSSR count). The maximum absolute atomic E-state index is 13.0. The molecule has 2 N–H and O–H groups in total. The van der Waals surface area contributed by atoms with Gasteiger partial charge in [0.2, 0.25) is 0 Å². The molecule has 0 amide bonds. The zero-order chi connectivity index (χ0) is 15.4. The van der Waals surface area contributed by atoms with E-state index in [-0.39, 0.29) is 24.5 Å². The van der Waals surface area contributed by atoms with Crippen LogP contribution in [0, 0.1) is 16.6 Å². The number of hydrogen-bond donors (Lipinski definition) is 2. The Morgan fingerprint density at radius 3 is 2.29 bits per heavy atom. The first kappa shape index (κ1) is 14.3. The average molecular weight is 314 g/mol. The topological polar surface area (TPSA) is 77.8 Å². The Morgan fingerprint density at radius 1 is 1.24 bits per heavy atom. The van der Waals surface area contributed by atoms with Crippen molar-refractivity contribution in [1.82, 2.24) is 4.90 Å². The number of carboxylic acid groups (broad SMARTS) is 2. The molecule has 0 unspecified atom stereocenters. The molecule has 1 saturated heterocycles. The van der Waals surface area contributed by atoms with Gasteiger partial charge in [0.05, 0.1) is 10.8 Å². The van der Waals surface area contributed by atoms with Crippen molar-refractivity contribution < 1.29 is 24.2 Å². The van der Waals surface area contributed by atoms with Crippen LogP contribution in [0.15, 0.2) is 18.2 Å². The Morgan fingerprint density at radius 2 is 1.81 bits per heavy atom. The number of carboxylic acids is 2. The monoisotopic (exact) mass is 313 g/mol. The molecule has 1 aromatic carbocycles. The zero-order valence-corrected chi connectivity index (χ0v) is 11.7. The molecule has 0 spiro atoms. The first-order valence-electron chi connectivity index (χ1n) is 6.44. The lowest BCUT2D eigenvalue weighted by molar-refractivity contribution is -0.151. The van der Waals surface area contributed by atoms with Crippen LogP contribution < -0.4 is 0 Å². The predicted octanol–water partition coefficient (Wildman–Crippen LogP) is 1.84. The highest BCUT2D eigenvalue weighted by atomic mass is 35.5. The number of piperidine rings is 1. The summed E-state index contributed by atoms with van der Waals surface area (Å²) in [6, 6.07) is 3.99. The van der Waals surface area contributed by atoms with Crippen molar-refractivity contribution in [2.24, 2.45) is 10.8 Å². The number of rotatable bonds is 4. The molecule has 2 atom stereocenters. The first-order chi connectivity index (χ1) is 9.80. The fourth-order valence-corrected chi connectivity index (χ4v) is 3.63. The molecule has 1 aliphatic heterocycles. The minimum absolute atomic E-state index is 0.165. The largest absolute Gasteiger partial charge is 0.481 e. The SMILES string of the molecule is O=C(O)[C@@]12CN(Cc3ccc(F)cc3Cl)C[C@]1(C(=O)O)C2. The van der Waals surface area contributed by atoms with E-state index in [9.17, 15) is 24.2 Å². The zero-order valence-electron chi connectivity index (χ0n) is 11.0. The molecule has 1 saturated carbocycles. The fourth-order valence-electron chi connectivity index (χ4n) is 3.40. The van der Waals surface area contributed by atoms with Gasteiger partial charge in [-0.25, -0.2) is 4.39 Å². The molecule has 0 bridgehead atoms. The number of fused-ring (bicyclic) bond motifs is 1. The van der Waals surface area contributed by atoms with Crippen molar-refractivity contribution in [2.75, 3.05) is 13.1 Å². The first-order valence-corrected chi connectivity index (χ1v) is 6.82. The Bertz CT molecular complexity index is 624. The Balaban J connectivity index is 1.81. The van der Waals surface area contributed by atoms with Crippen LogP contribution in [0.2, 0.25) is 5.02 Å². The van der Waals surface area contributed by atoms with Crippen LogP contribution in [0.3, 0.4) is 0 Å². The van der Waals surface area contributed by atoms with Crippen molar-refractivity contribution >= 4 is 23.5 Å². The molecule has 21 heavy (non-hydrogen) atoms. The van der Waals surface area contributed by atoms with Gasteiger partial charge in [0, 0.05) is 24.7 Å². The normalized spacial score (nSPS) is 31.0. The van der Waals surface area contributed by atoms with Crippen LogP contribution in [-0.4, -0.2) is 40.1 Å². The van der Waals surface area contributed by atoms with Gasteiger partial charge in [0.25, 0.3) is 0 Å². The molecule has 1 aromatic rings. The summed E-state index contributed by atoms with van der Waals surface area (Å²) in [7, 11) is 0. The predicted molar refractivity (Wildman–Crippen MR) is 71.4 cm³/mol. The molecular weight excluding hydrogens is 301 g/mol. The van der Waals surface area contributed by atoms with Gasteiger partial charge < -0.3 is 10.2 Å². The molecule has 2 fully saturated rings. The van der Waals surface area contributed by atoms with E-state index < -0.39 is 28.6 Å². The standard InChI is InChI=1S/C14H13ClFNO4/c15-10-3-9(16)2-1-8(10)4-17-6-13(11(18)19)5-14(13,7-17)12(20)21/h1-3H,4-7H2,(H,18,19)(H,20,21)/t13-,14+. The summed E-state index contributed by atoms with van der Waals surface area (Å²) in [6.07, 6.45) is 0.165. The highest BCUT2D eigenvalue weighted by Crippen LogP contribution is 2.68. The maximum Gasteiger partial charge on any atom is 0.312 e. The lowest BCUT2D eigenvalue weighted by atomic mass is 9.97. The minimum atomic E-state index is -1.20. The van der Waals surface area contributed by atoms with E-state index in [4.69, 9.17) is 11.6 Å². The highest BCUT2D eigenvalue weighted by Gasteiger charge is 2.80. The highest BCUT2D eigenvalue weighted by molar-refractivity contribution is 6.31. The van der Waals surface area contributed by atoms with Crippen LogP contribution >= 0.6 is 11.6 Å². The number of hydrogen-bond acceptors (Lipinski definition) is 3. The number of halogens is 2. The second kappa shape index (κ2) is 4.42. The second-order valence-corrected chi connectivity index (χ2v) is 6.24. The van der Waals surface area contributed by atoms with E-state index in [1.54, 1.807) is 4.90 Å². The minimum Gasteiger partial charge on any atom is -0.481 e. The van der Waals surface area contributed by atoms with Gasteiger partial charge in [-0.2, -0.15) is 0 Å². The smallest absolute Gasteiger partial charge is 0.312 e. The van der Waals surface area contributed by atoms with Gasteiger partial charge >= 0.3 is 11.9 Å². The van der Waals surface area contributed by atoms with Crippen molar-refractivity contribution in [3.8, 4) is 0 Å². The third kappa shape index (κ3) is 1.93. The summed E-state index contributed by atoms with van der Waals surface area (Å²) in [5.41, 5.74) is -1.75. The van der Waals surface area contributed by atoms with E-state index in [2.05, 4.69) is 0 Å². The van der Waals surface area contributed by atoms with Crippen LogP contribution in [0.1, 0.15) is 12.0 Å². The van der Waals surface area contributed by atoms with E-state index in [1.807, 2.05) is 0 Å². The summed E-state index contributed by atoms with van der Waals surface area (Å²) >= 11 is 5.95. The molecule has 1 heterocycles. The van der Waals surface area contributed by atoms with Gasteiger partial charge in [0.15, 0.2) is 0 Å². The summed E-state index contributed by atoms with van der Waals surface area (Å²) in [5.74, 6) is -2.59. The van der Waals surface area contributed by atoms with Crippen molar-refractivity contribution in [2.45, 2.75) is 13.0 Å². The van der Waals surface area contributed by atoms with E-state index in [1.165, 1.54) is 18.2 Å². The van der Waals surface area contributed by atoms with Crippen LogP contribution in [-0.2, 0) is 16.1 Å². The lowest BCUT2D eigenvalue weighted by Gasteiger charge is -2.20. The van der Waals surface area contributed by atoms with Crippen LogP contribution in [0.4, 0.5) is 4.39 Å². The number of carbonyl (C=O) groups is 2. The average Bonchev–Trinajstić information content (AvgIpc) is 2.93. The number of benzene rings is 1. The molecule has 112 valence electrons. The third-order valence-electron chi connectivity index (χ3n) is 4.61. The Kier molecular flexibility index (Phi) is 3.00. The number of aliphatic carboxylic acids is 2. The molecule has 1 aliphatic carbocycles. The van der Waals surface area contributed by atoms with Crippen molar-refractivity contribution in [1.29, 1.82) is 0 Å². The Labute approximate surface area is 124 Å². The molecule has 2 aliphatic rings. The van der Waals surface area contributed by atoms with E-state index >= 15 is 0 Å². The van der Waals surface area contributed by atoms with E-state index in [0.29, 0.717) is 12.1 Å². The third-order valence-corrected chi connectivity index (χ3v) is 4.96. The molecule has 0 aromatic heterocycles. The number of likely N-dealkylation sites (tertiary alicyclic amines) is 1. The van der Waals surface area contributed by atoms with Crippen LogP contribution in [0.5, 0.6) is 0 Å². The molecular formula is C14H13ClFNO4. The molecule has 0 radical (unpaired) electrons. The summed E-state index contributed by atoms with van der Waals surface area (Å²) in [6.45, 7) is 0.647. The van der Waals surface area contributed by atoms with Gasteiger partial charge in [-0.3, -0.25) is 14.5 Å². The summed E-state index contributed by atoms with van der Waals surface area (Å²) in [5, 5.41) is 18.9. The summed E-state index contributed by atoms with van der Waals surface area (Å²) < 4.78 is 13.0. The van der Waals surface area contributed by atoms with E-state index in [0.717, 1.165) is 0 Å². The molecule has 7 heteroatoms. The summed E-state index contributed by atoms with van der Waals surface area (Å²) in [4.78, 5) is 24.6. The quantitative estimate of drug-likeness (QED) is 0.887. The van der Waals surface area contributed by atoms with Gasteiger partial charge in [-0.15, -0.1) is 0 Å². The van der Waals surface area contributed by atoms with Gasteiger partial charge in [0.1, 0.15) is 5.82 Å². The molecule has 5 nitrogen and oxygen atoms in total. The van der Waals surface area contributed by atoms with Crippen molar-refractivity contribution in [3.63, 3.8) is 0 Å². The van der Waals surface area contributed by atoms with Crippen LogP contribution in [0.25, 0.3) is 0 Å². The van der Waals surface area contributed by atoms with Gasteiger partial charge in [-0.05, 0) is 24.1 Å².